The van der Waals surface area contributed by atoms with Gasteiger partial charge < -0.3 is 9.47 Å². The molecule has 0 saturated heterocycles. The van der Waals surface area contributed by atoms with Gasteiger partial charge in [0, 0.05) is 6.08 Å². The highest BCUT2D eigenvalue weighted by molar-refractivity contribution is 5.87. The van der Waals surface area contributed by atoms with Crippen LogP contribution in [0.25, 0.3) is 6.08 Å². The van der Waals surface area contributed by atoms with E-state index in [0.717, 1.165) is 50.5 Å². The van der Waals surface area contributed by atoms with E-state index in [-0.39, 0.29) is 23.3 Å². The molecule has 0 radical (unpaired) electrons. The van der Waals surface area contributed by atoms with Gasteiger partial charge in [-0.15, -0.1) is 0 Å². The quantitative estimate of drug-likeness (QED) is 0.223. The molecule has 0 bridgehead atoms. The molecule has 5 atom stereocenters. The Hall–Kier alpha value is -2.36. The molecule has 3 rings (SSSR count). The van der Waals surface area contributed by atoms with Gasteiger partial charge in [-0.1, -0.05) is 62.8 Å². The molecule has 34 heavy (non-hydrogen) atoms. The monoisotopic (exact) mass is 466 g/mol. The van der Waals surface area contributed by atoms with Gasteiger partial charge in [-0.2, -0.15) is 0 Å². The highest BCUT2D eigenvalue weighted by Crippen LogP contribution is 2.58. The molecule has 2 aliphatic carbocycles. The van der Waals surface area contributed by atoms with Crippen LogP contribution >= 0.6 is 0 Å². The van der Waals surface area contributed by atoms with Crippen molar-refractivity contribution in [3.8, 4) is 0 Å². The lowest BCUT2D eigenvalue weighted by Gasteiger charge is -2.53. The Bertz CT molecular complexity index is 902. The van der Waals surface area contributed by atoms with E-state index < -0.39 is 5.41 Å². The number of methoxy groups -OCH3 is 1. The molecule has 186 valence electrons. The van der Waals surface area contributed by atoms with E-state index in [0.29, 0.717) is 18.4 Å². The summed E-state index contributed by atoms with van der Waals surface area (Å²) in [5.41, 5.74) is 2.16. The number of ether oxygens (including phenoxy) is 2. The highest BCUT2D eigenvalue weighted by atomic mass is 16.5. The molecule has 0 spiro atoms. The number of allylic oxidation sites excluding steroid dienone is 2. The van der Waals surface area contributed by atoms with Crippen LogP contribution in [0.1, 0.15) is 78.2 Å². The van der Waals surface area contributed by atoms with Crippen molar-refractivity contribution in [2.24, 2.45) is 28.6 Å². The minimum atomic E-state index is -0.409. The van der Waals surface area contributed by atoms with Crippen molar-refractivity contribution in [2.75, 3.05) is 13.7 Å². The Morgan fingerprint density at radius 2 is 1.88 bits per heavy atom. The van der Waals surface area contributed by atoms with Crippen LogP contribution in [0.5, 0.6) is 0 Å². The maximum absolute atomic E-state index is 12.7. The zero-order chi connectivity index (χ0) is 24.8. The summed E-state index contributed by atoms with van der Waals surface area (Å²) in [6.45, 7) is 9.56. The van der Waals surface area contributed by atoms with Crippen LogP contribution in [0.3, 0.4) is 0 Å². The van der Waals surface area contributed by atoms with Gasteiger partial charge in [0.05, 0.1) is 19.1 Å². The highest BCUT2D eigenvalue weighted by Gasteiger charge is 2.52. The second-order valence-electron chi connectivity index (χ2n) is 10.9. The Labute approximate surface area is 205 Å². The molecule has 1 fully saturated rings. The number of hydrogen-bond acceptors (Lipinski definition) is 4. The summed E-state index contributed by atoms with van der Waals surface area (Å²) in [6, 6.07) is 9.76. The summed E-state index contributed by atoms with van der Waals surface area (Å²) in [6.07, 6.45) is 12.8. The van der Waals surface area contributed by atoms with Gasteiger partial charge in [-0.05, 0) is 86.7 Å². The van der Waals surface area contributed by atoms with E-state index in [1.165, 1.54) is 18.8 Å². The van der Waals surface area contributed by atoms with E-state index in [4.69, 9.17) is 9.47 Å². The lowest BCUT2D eigenvalue weighted by Crippen LogP contribution is -2.47. The minimum absolute atomic E-state index is 0.0588. The van der Waals surface area contributed by atoms with Crippen LogP contribution < -0.4 is 0 Å². The number of carbonyl (C=O) groups excluding carboxylic acids is 2. The second-order valence-corrected chi connectivity index (χ2v) is 10.9. The number of fused-ring (bicyclic) bond motifs is 1. The molecule has 0 amide bonds. The van der Waals surface area contributed by atoms with Gasteiger partial charge >= 0.3 is 11.9 Å². The van der Waals surface area contributed by atoms with Gasteiger partial charge in [0.25, 0.3) is 0 Å². The molecule has 5 unspecified atom stereocenters. The van der Waals surface area contributed by atoms with Crippen molar-refractivity contribution in [3.05, 3.63) is 53.6 Å². The van der Waals surface area contributed by atoms with Crippen LogP contribution in [-0.4, -0.2) is 25.7 Å². The van der Waals surface area contributed by atoms with Crippen LogP contribution in [0.2, 0.25) is 0 Å². The molecule has 0 aromatic heterocycles. The molecule has 1 aromatic carbocycles. The first kappa shape index (κ1) is 26.2. The maximum atomic E-state index is 12.7. The van der Waals surface area contributed by atoms with E-state index in [1.807, 2.05) is 30.3 Å². The summed E-state index contributed by atoms with van der Waals surface area (Å²) in [5.74, 6) is 0.981. The number of carbonyl (C=O) groups is 2. The molecule has 0 aliphatic heterocycles. The summed E-state index contributed by atoms with van der Waals surface area (Å²) < 4.78 is 10.7. The van der Waals surface area contributed by atoms with Crippen molar-refractivity contribution in [1.29, 1.82) is 0 Å². The summed E-state index contributed by atoms with van der Waals surface area (Å²) >= 11 is 0. The zero-order valence-corrected chi connectivity index (χ0v) is 21.6. The predicted molar refractivity (Wildman–Crippen MR) is 137 cm³/mol. The van der Waals surface area contributed by atoms with Gasteiger partial charge in [-0.25, -0.2) is 4.79 Å². The van der Waals surface area contributed by atoms with Crippen LogP contribution in [0.15, 0.2) is 48.1 Å². The normalized spacial score (nSPS) is 29.7. The minimum Gasteiger partial charge on any atom is -0.469 e. The average Bonchev–Trinajstić information content (AvgIpc) is 2.84. The zero-order valence-electron chi connectivity index (χ0n) is 21.6. The summed E-state index contributed by atoms with van der Waals surface area (Å²) in [7, 11) is 1.52. The summed E-state index contributed by atoms with van der Waals surface area (Å²) in [4.78, 5) is 24.7. The Kier molecular flexibility index (Phi) is 8.78. The number of benzene rings is 1. The fourth-order valence-electron chi connectivity index (χ4n) is 6.01. The lowest BCUT2D eigenvalue weighted by atomic mass is 9.51. The first-order chi connectivity index (χ1) is 16.2. The van der Waals surface area contributed by atoms with Crippen molar-refractivity contribution in [1.82, 2.24) is 0 Å². The number of hydrogen-bond donors (Lipinski definition) is 0. The van der Waals surface area contributed by atoms with E-state index in [2.05, 4.69) is 33.8 Å². The molecule has 0 heterocycles. The van der Waals surface area contributed by atoms with Crippen LogP contribution in [0, 0.1) is 28.6 Å². The van der Waals surface area contributed by atoms with Gasteiger partial charge in [-0.3, -0.25) is 4.79 Å². The van der Waals surface area contributed by atoms with Crippen LogP contribution in [0.4, 0.5) is 0 Å². The van der Waals surface area contributed by atoms with Gasteiger partial charge in [0.15, 0.2) is 0 Å². The second kappa shape index (κ2) is 11.4. The predicted octanol–water partition coefficient (Wildman–Crippen LogP) is 7.00. The topological polar surface area (TPSA) is 52.6 Å². The van der Waals surface area contributed by atoms with Crippen molar-refractivity contribution in [3.63, 3.8) is 0 Å². The fraction of sp³-hybridized carbons (Fsp3) is 0.600. The third kappa shape index (κ3) is 5.82. The van der Waals surface area contributed by atoms with Crippen LogP contribution in [-0.2, 0) is 19.1 Å². The molecular weight excluding hydrogens is 424 g/mol. The van der Waals surface area contributed by atoms with Gasteiger partial charge in [0.1, 0.15) is 0 Å². The smallest absolute Gasteiger partial charge is 0.330 e. The molecule has 2 aliphatic rings. The first-order valence-electron chi connectivity index (χ1n) is 12.9. The first-order valence-corrected chi connectivity index (χ1v) is 12.9. The molecule has 1 saturated carbocycles. The third-order valence-corrected chi connectivity index (χ3v) is 8.68. The largest absolute Gasteiger partial charge is 0.469 e. The Balaban J connectivity index is 1.53. The van der Waals surface area contributed by atoms with Crippen molar-refractivity contribution >= 4 is 18.0 Å². The third-order valence-electron chi connectivity index (χ3n) is 8.68. The maximum Gasteiger partial charge on any atom is 0.330 e. The molecular formula is C30H42O4. The van der Waals surface area contributed by atoms with Crippen molar-refractivity contribution in [2.45, 2.75) is 72.6 Å². The van der Waals surface area contributed by atoms with E-state index in [1.54, 1.807) is 6.08 Å². The molecule has 1 aromatic rings. The SMILES string of the molecule is COC(=O)C1(C)CCC=C2C1CCC(C)C2(C)CCC(C)CCOC(=O)C=Cc1ccccc1. The average molecular weight is 467 g/mol. The number of rotatable bonds is 9. The van der Waals surface area contributed by atoms with Crippen molar-refractivity contribution < 1.29 is 19.1 Å². The van der Waals surface area contributed by atoms with Gasteiger partial charge in [0.2, 0.25) is 0 Å². The summed E-state index contributed by atoms with van der Waals surface area (Å²) in [5, 5.41) is 0. The van der Waals surface area contributed by atoms with E-state index >= 15 is 0 Å². The number of esters is 2. The lowest BCUT2D eigenvalue weighted by molar-refractivity contribution is -0.156. The fourth-order valence-corrected chi connectivity index (χ4v) is 6.01. The molecule has 0 N–H and O–H groups in total. The molecule has 4 nitrogen and oxygen atoms in total. The Morgan fingerprint density at radius 3 is 2.59 bits per heavy atom. The molecule has 4 heteroatoms. The van der Waals surface area contributed by atoms with E-state index in [9.17, 15) is 9.59 Å². The Morgan fingerprint density at radius 1 is 1.15 bits per heavy atom. The standard InChI is InChI=1S/C30H42O4/c1-22(18-21-34-27(31)16-14-24-10-7-6-8-11-24)17-20-29(3)23(2)13-15-26-25(29)12-9-19-30(26,4)28(32)33-5/h6-8,10-12,14,16,22-23,26H,9,13,15,17-21H2,1-5H3.